The van der Waals surface area contributed by atoms with Gasteiger partial charge in [0.05, 0.1) is 5.56 Å². The quantitative estimate of drug-likeness (QED) is 0.748. The molecule has 0 radical (unpaired) electrons. The second-order valence-corrected chi connectivity index (χ2v) is 6.82. The van der Waals surface area contributed by atoms with Gasteiger partial charge >= 0.3 is 0 Å². The molecule has 0 bridgehead atoms. The molecule has 6 heteroatoms. The molecule has 0 aliphatic carbocycles. The zero-order valence-electron chi connectivity index (χ0n) is 12.6. The van der Waals surface area contributed by atoms with Gasteiger partial charge in [-0.3, -0.25) is 9.69 Å². The summed E-state index contributed by atoms with van der Waals surface area (Å²) in [6.07, 6.45) is 1.59. The summed E-state index contributed by atoms with van der Waals surface area (Å²) in [5, 5.41) is 0.255. The van der Waals surface area contributed by atoms with Crippen LogP contribution in [0.1, 0.15) is 15.9 Å². The summed E-state index contributed by atoms with van der Waals surface area (Å²) in [4.78, 5) is 20.8. The number of benzene rings is 1. The lowest BCUT2D eigenvalue weighted by Crippen LogP contribution is -2.48. The topological polar surface area (TPSA) is 36.4 Å². The molecule has 0 unspecified atom stereocenters. The van der Waals surface area contributed by atoms with Crippen molar-refractivity contribution in [2.75, 3.05) is 26.2 Å². The van der Waals surface area contributed by atoms with Crippen molar-refractivity contribution in [3.8, 4) is 0 Å². The fourth-order valence-electron chi connectivity index (χ4n) is 2.69. The van der Waals surface area contributed by atoms with E-state index in [1.807, 2.05) is 11.0 Å². The van der Waals surface area contributed by atoms with Crippen LogP contribution >= 0.6 is 27.5 Å². The fraction of sp³-hybridized carbons (Fsp3) is 0.294. The first-order valence-electron chi connectivity index (χ1n) is 7.50. The largest absolute Gasteiger partial charge is 0.336 e. The van der Waals surface area contributed by atoms with Crippen LogP contribution in [0, 0.1) is 0 Å². The Kier molecular flexibility index (Phi) is 5.30. The zero-order valence-corrected chi connectivity index (χ0v) is 14.9. The first-order chi connectivity index (χ1) is 11.1. The summed E-state index contributed by atoms with van der Waals surface area (Å²) in [5.74, 6) is -0.0526. The summed E-state index contributed by atoms with van der Waals surface area (Å²) in [7, 11) is 0. The number of hydrogen-bond donors (Lipinski definition) is 0. The summed E-state index contributed by atoms with van der Waals surface area (Å²) in [6, 6.07) is 12.1. The molecular formula is C17H17BrClN3O. The van der Waals surface area contributed by atoms with Gasteiger partial charge in [-0.2, -0.15) is 0 Å². The normalized spacial score (nSPS) is 15.7. The molecule has 1 aromatic heterocycles. The maximum atomic E-state index is 12.6. The van der Waals surface area contributed by atoms with E-state index in [-0.39, 0.29) is 11.1 Å². The minimum Gasteiger partial charge on any atom is -0.336 e. The molecule has 2 heterocycles. The predicted octanol–water partition coefficient (Wildman–Crippen LogP) is 3.46. The molecule has 1 aliphatic heterocycles. The van der Waals surface area contributed by atoms with Crippen LogP contribution in [-0.2, 0) is 6.54 Å². The number of nitrogens with zero attached hydrogens (tertiary/aromatic N) is 3. The second kappa shape index (κ2) is 7.43. The number of hydrogen-bond acceptors (Lipinski definition) is 3. The number of carbonyl (C=O) groups is 1. The molecule has 0 atom stereocenters. The number of carbonyl (C=O) groups excluding carboxylic acids is 1. The highest BCUT2D eigenvalue weighted by molar-refractivity contribution is 9.10. The number of halogens is 2. The molecule has 1 amide bonds. The molecule has 23 heavy (non-hydrogen) atoms. The number of amides is 1. The van der Waals surface area contributed by atoms with Crippen molar-refractivity contribution in [1.29, 1.82) is 0 Å². The molecule has 1 aromatic carbocycles. The van der Waals surface area contributed by atoms with E-state index in [1.54, 1.807) is 12.3 Å². The fourth-order valence-corrected chi connectivity index (χ4v) is 3.21. The summed E-state index contributed by atoms with van der Waals surface area (Å²) < 4.78 is 0.757. The average molecular weight is 395 g/mol. The van der Waals surface area contributed by atoms with Crippen LogP contribution in [0.15, 0.2) is 47.1 Å². The summed E-state index contributed by atoms with van der Waals surface area (Å²) >= 11 is 9.39. The first kappa shape index (κ1) is 16.4. The van der Waals surface area contributed by atoms with Crippen molar-refractivity contribution in [2.24, 2.45) is 0 Å². The van der Waals surface area contributed by atoms with Gasteiger partial charge in [0.15, 0.2) is 0 Å². The lowest BCUT2D eigenvalue weighted by atomic mass is 10.2. The molecule has 1 saturated heterocycles. The minimum atomic E-state index is -0.0526. The van der Waals surface area contributed by atoms with Crippen LogP contribution in [0.4, 0.5) is 0 Å². The third-order valence-electron chi connectivity index (χ3n) is 3.94. The maximum absolute atomic E-state index is 12.6. The molecule has 1 fully saturated rings. The van der Waals surface area contributed by atoms with Crippen molar-refractivity contribution >= 4 is 33.4 Å². The Morgan fingerprint density at radius 3 is 2.57 bits per heavy atom. The molecule has 0 saturated carbocycles. The lowest BCUT2D eigenvalue weighted by Gasteiger charge is -2.34. The van der Waals surface area contributed by atoms with Gasteiger partial charge in [0.1, 0.15) is 5.15 Å². The van der Waals surface area contributed by atoms with Crippen LogP contribution in [-0.4, -0.2) is 46.9 Å². The Morgan fingerprint density at radius 1 is 1.17 bits per heavy atom. The Bertz CT molecular complexity index is 687. The van der Waals surface area contributed by atoms with Gasteiger partial charge in [0.25, 0.3) is 5.91 Å². The average Bonchev–Trinajstić information content (AvgIpc) is 2.58. The Morgan fingerprint density at radius 2 is 1.87 bits per heavy atom. The van der Waals surface area contributed by atoms with Crippen molar-refractivity contribution in [3.05, 3.63) is 63.3 Å². The monoisotopic (exact) mass is 393 g/mol. The van der Waals surface area contributed by atoms with Gasteiger partial charge in [0.2, 0.25) is 0 Å². The molecule has 4 nitrogen and oxygen atoms in total. The zero-order chi connectivity index (χ0) is 16.2. The number of piperazine rings is 1. The smallest absolute Gasteiger partial charge is 0.257 e. The number of rotatable bonds is 3. The van der Waals surface area contributed by atoms with Crippen molar-refractivity contribution in [1.82, 2.24) is 14.8 Å². The highest BCUT2D eigenvalue weighted by atomic mass is 79.9. The third-order valence-corrected chi connectivity index (χ3v) is 4.68. The van der Waals surface area contributed by atoms with Gasteiger partial charge < -0.3 is 4.90 Å². The Balaban J connectivity index is 1.60. The predicted molar refractivity (Wildman–Crippen MR) is 94.6 cm³/mol. The van der Waals surface area contributed by atoms with Crippen molar-refractivity contribution in [2.45, 2.75) is 6.54 Å². The van der Waals surface area contributed by atoms with E-state index < -0.39 is 0 Å². The third kappa shape index (κ3) is 4.10. The maximum Gasteiger partial charge on any atom is 0.257 e. The van der Waals surface area contributed by atoms with Crippen LogP contribution in [0.3, 0.4) is 0 Å². The van der Waals surface area contributed by atoms with E-state index in [4.69, 9.17) is 11.6 Å². The van der Waals surface area contributed by atoms with Crippen LogP contribution in [0.5, 0.6) is 0 Å². The van der Waals surface area contributed by atoms with E-state index >= 15 is 0 Å². The second-order valence-electron chi connectivity index (χ2n) is 5.55. The van der Waals surface area contributed by atoms with Gasteiger partial charge in [-0.25, -0.2) is 4.98 Å². The molecule has 120 valence electrons. The standard InChI is InChI=1S/C17H17BrClN3O/c18-14-10-15(16(19)20-11-14)17(23)22-8-6-21(7-9-22)12-13-4-2-1-3-5-13/h1-5,10-11H,6-9,12H2. The van der Waals surface area contributed by atoms with Gasteiger partial charge in [-0.15, -0.1) is 0 Å². The van der Waals surface area contributed by atoms with Gasteiger partial charge in [0, 0.05) is 43.4 Å². The van der Waals surface area contributed by atoms with Crippen LogP contribution in [0.2, 0.25) is 5.15 Å². The molecule has 3 rings (SSSR count). The van der Waals surface area contributed by atoms with E-state index in [9.17, 15) is 4.79 Å². The Hall–Kier alpha value is -1.43. The van der Waals surface area contributed by atoms with E-state index in [0.29, 0.717) is 18.7 Å². The lowest BCUT2D eigenvalue weighted by molar-refractivity contribution is 0.0628. The Labute approximate surface area is 149 Å². The molecule has 0 spiro atoms. The number of pyridine rings is 1. The molecular weight excluding hydrogens is 378 g/mol. The van der Waals surface area contributed by atoms with Gasteiger partial charge in [-0.1, -0.05) is 41.9 Å². The SMILES string of the molecule is O=C(c1cc(Br)cnc1Cl)N1CCN(Cc2ccccc2)CC1. The van der Waals surface area contributed by atoms with Crippen molar-refractivity contribution in [3.63, 3.8) is 0 Å². The highest BCUT2D eigenvalue weighted by Gasteiger charge is 2.24. The van der Waals surface area contributed by atoms with Crippen LogP contribution in [0.25, 0.3) is 0 Å². The van der Waals surface area contributed by atoms with E-state index in [0.717, 1.165) is 24.1 Å². The van der Waals surface area contributed by atoms with Crippen LogP contribution < -0.4 is 0 Å². The molecule has 1 aliphatic rings. The molecule has 0 N–H and O–H groups in total. The van der Waals surface area contributed by atoms with Gasteiger partial charge in [-0.05, 0) is 27.6 Å². The highest BCUT2D eigenvalue weighted by Crippen LogP contribution is 2.20. The van der Waals surface area contributed by atoms with E-state index in [2.05, 4.69) is 50.1 Å². The molecule has 2 aromatic rings. The summed E-state index contributed by atoms with van der Waals surface area (Å²) in [5.41, 5.74) is 1.75. The van der Waals surface area contributed by atoms with Crippen molar-refractivity contribution < 1.29 is 4.79 Å². The minimum absolute atomic E-state index is 0.0526. The van der Waals surface area contributed by atoms with E-state index in [1.165, 1.54) is 5.56 Å². The number of aromatic nitrogens is 1. The first-order valence-corrected chi connectivity index (χ1v) is 8.67. The summed E-state index contributed by atoms with van der Waals surface area (Å²) in [6.45, 7) is 4.05.